The molecule has 8 nitrogen and oxygen atoms in total. The number of ether oxygens (including phenoxy) is 2. The summed E-state index contributed by atoms with van der Waals surface area (Å²) in [5.74, 6) is 3.97. The van der Waals surface area contributed by atoms with E-state index in [0.717, 1.165) is 40.8 Å². The fourth-order valence-electron chi connectivity index (χ4n) is 3.41. The highest BCUT2D eigenvalue weighted by Crippen LogP contribution is 2.23. The third kappa shape index (κ3) is 6.26. The summed E-state index contributed by atoms with van der Waals surface area (Å²) in [6.07, 6.45) is 1.68. The van der Waals surface area contributed by atoms with E-state index in [0.29, 0.717) is 32.0 Å². The number of aryl methyl sites for hydroxylation is 2. The third-order valence-electron chi connectivity index (χ3n) is 5.02. The van der Waals surface area contributed by atoms with Crippen LogP contribution in [0.25, 0.3) is 22.8 Å². The number of aromatic amines is 1. The number of H-pyrrole nitrogens is 1. The van der Waals surface area contributed by atoms with Crippen LogP contribution in [-0.2, 0) is 17.7 Å². The molecule has 0 saturated heterocycles. The summed E-state index contributed by atoms with van der Waals surface area (Å²) < 4.78 is 13.5. The Morgan fingerprint density at radius 1 is 0.939 bits per heavy atom. The second kappa shape index (κ2) is 10.9. The molecule has 8 heteroatoms. The lowest BCUT2D eigenvalue weighted by Gasteiger charge is -2.08. The van der Waals surface area contributed by atoms with E-state index in [1.165, 1.54) is 0 Å². The van der Waals surface area contributed by atoms with E-state index in [1.54, 1.807) is 0 Å². The van der Waals surface area contributed by atoms with Gasteiger partial charge in [-0.15, -0.1) is 0 Å². The number of hydrogen-bond acceptors (Lipinski definition) is 6. The first kappa shape index (κ1) is 22.7. The van der Waals surface area contributed by atoms with Gasteiger partial charge in [0.1, 0.15) is 11.6 Å². The van der Waals surface area contributed by atoms with Crippen LogP contribution in [0.15, 0.2) is 54.6 Å². The molecule has 0 aliphatic heterocycles. The first-order chi connectivity index (χ1) is 16.1. The molecule has 4 aromatic rings. The van der Waals surface area contributed by atoms with Crippen LogP contribution in [0.3, 0.4) is 0 Å². The molecule has 0 spiro atoms. The van der Waals surface area contributed by atoms with Gasteiger partial charge in [0.05, 0.1) is 19.3 Å². The lowest BCUT2D eigenvalue weighted by molar-refractivity contribution is 0.0804. The Morgan fingerprint density at radius 3 is 2.39 bits per heavy atom. The van der Waals surface area contributed by atoms with Crippen LogP contribution in [0.5, 0.6) is 5.75 Å². The van der Waals surface area contributed by atoms with E-state index < -0.39 is 0 Å². The average Bonchev–Trinajstić information content (AvgIpc) is 3.43. The predicted octanol–water partition coefficient (Wildman–Crippen LogP) is 4.48. The number of benzene rings is 2. The minimum absolute atomic E-state index is 0.188. The topological polar surface area (TPSA) is 90.7 Å². The fraction of sp³-hybridized carbons (Fsp3) is 0.360. The van der Waals surface area contributed by atoms with Crippen molar-refractivity contribution in [2.24, 2.45) is 0 Å². The van der Waals surface area contributed by atoms with Crippen LogP contribution in [-0.4, -0.2) is 49.3 Å². The maximum Gasteiger partial charge on any atom is 0.181 e. The summed E-state index contributed by atoms with van der Waals surface area (Å²) in [6.45, 7) is 7.87. The van der Waals surface area contributed by atoms with Gasteiger partial charge in [-0.05, 0) is 32.9 Å². The zero-order chi connectivity index (χ0) is 23.0. The lowest BCUT2D eigenvalue weighted by Crippen LogP contribution is -2.09. The molecule has 0 saturated carbocycles. The lowest BCUT2D eigenvalue weighted by atomic mass is 10.1. The summed E-state index contributed by atoms with van der Waals surface area (Å²) in [5.41, 5.74) is 1.95. The number of aromatic nitrogens is 6. The molecular formula is C25H30N6O2. The van der Waals surface area contributed by atoms with E-state index in [-0.39, 0.29) is 6.10 Å². The van der Waals surface area contributed by atoms with Crippen molar-refractivity contribution in [2.75, 3.05) is 13.2 Å². The minimum Gasteiger partial charge on any atom is -0.494 e. The maximum absolute atomic E-state index is 5.84. The van der Waals surface area contributed by atoms with Crippen molar-refractivity contribution in [1.82, 2.24) is 29.9 Å². The van der Waals surface area contributed by atoms with Crippen molar-refractivity contribution in [3.63, 3.8) is 0 Å². The predicted molar refractivity (Wildman–Crippen MR) is 127 cm³/mol. The van der Waals surface area contributed by atoms with E-state index in [1.807, 2.05) is 80.1 Å². The molecule has 33 heavy (non-hydrogen) atoms. The van der Waals surface area contributed by atoms with Gasteiger partial charge in [0.2, 0.25) is 0 Å². The maximum atomic E-state index is 5.84. The Balaban J connectivity index is 1.47. The summed E-state index contributed by atoms with van der Waals surface area (Å²) >= 11 is 0. The first-order valence-corrected chi connectivity index (χ1v) is 11.3. The van der Waals surface area contributed by atoms with Crippen LogP contribution < -0.4 is 4.74 Å². The fourth-order valence-corrected chi connectivity index (χ4v) is 3.41. The van der Waals surface area contributed by atoms with Crippen LogP contribution in [0.2, 0.25) is 0 Å². The standard InChI is InChI=1S/C25H30N6O2/c1-18(2)32-17-14-23-27-25(21-12-10-20(11-13-21)24-26-19(3)28-29-24)31(30-23)15-7-16-33-22-8-5-4-6-9-22/h4-6,8-13,18H,7,14-17H2,1-3H3,(H,26,28,29). The summed E-state index contributed by atoms with van der Waals surface area (Å²) in [5, 5.41) is 11.9. The number of hydrogen-bond donors (Lipinski definition) is 1. The van der Waals surface area contributed by atoms with Crippen LogP contribution in [0, 0.1) is 6.92 Å². The van der Waals surface area contributed by atoms with Gasteiger partial charge < -0.3 is 9.47 Å². The van der Waals surface area contributed by atoms with Gasteiger partial charge in [-0.25, -0.2) is 14.6 Å². The van der Waals surface area contributed by atoms with Crippen molar-refractivity contribution < 1.29 is 9.47 Å². The van der Waals surface area contributed by atoms with Crippen molar-refractivity contribution in [3.8, 4) is 28.5 Å². The van der Waals surface area contributed by atoms with E-state index in [2.05, 4.69) is 15.2 Å². The Hall–Kier alpha value is -3.52. The van der Waals surface area contributed by atoms with Gasteiger partial charge in [-0.3, -0.25) is 5.10 Å². The van der Waals surface area contributed by atoms with Crippen LogP contribution in [0.1, 0.15) is 31.9 Å². The first-order valence-electron chi connectivity index (χ1n) is 11.3. The van der Waals surface area contributed by atoms with Crippen molar-refractivity contribution in [1.29, 1.82) is 0 Å². The highest BCUT2D eigenvalue weighted by molar-refractivity contribution is 5.63. The third-order valence-corrected chi connectivity index (χ3v) is 5.02. The summed E-state index contributed by atoms with van der Waals surface area (Å²) in [4.78, 5) is 9.21. The van der Waals surface area contributed by atoms with E-state index >= 15 is 0 Å². The number of nitrogens with zero attached hydrogens (tertiary/aromatic N) is 5. The number of para-hydroxylation sites is 1. The monoisotopic (exact) mass is 446 g/mol. The summed E-state index contributed by atoms with van der Waals surface area (Å²) in [7, 11) is 0. The van der Waals surface area contributed by atoms with Gasteiger partial charge in [-0.1, -0.05) is 42.5 Å². The van der Waals surface area contributed by atoms with E-state index in [4.69, 9.17) is 19.6 Å². The zero-order valence-electron chi connectivity index (χ0n) is 19.4. The minimum atomic E-state index is 0.188. The average molecular weight is 447 g/mol. The highest BCUT2D eigenvalue weighted by Gasteiger charge is 2.13. The molecule has 2 aromatic heterocycles. The molecule has 0 aliphatic carbocycles. The molecule has 0 radical (unpaired) electrons. The molecule has 0 atom stereocenters. The molecule has 172 valence electrons. The van der Waals surface area contributed by atoms with E-state index in [9.17, 15) is 0 Å². The molecule has 0 unspecified atom stereocenters. The molecule has 2 heterocycles. The molecule has 2 aromatic carbocycles. The quantitative estimate of drug-likeness (QED) is 0.342. The molecule has 0 bridgehead atoms. The van der Waals surface area contributed by atoms with Crippen LogP contribution >= 0.6 is 0 Å². The van der Waals surface area contributed by atoms with Crippen LogP contribution in [0.4, 0.5) is 0 Å². The molecule has 0 amide bonds. The normalized spacial score (nSPS) is 11.3. The van der Waals surface area contributed by atoms with Gasteiger partial charge in [0.25, 0.3) is 0 Å². The van der Waals surface area contributed by atoms with Gasteiger partial charge >= 0.3 is 0 Å². The Labute approximate surface area is 194 Å². The highest BCUT2D eigenvalue weighted by atomic mass is 16.5. The van der Waals surface area contributed by atoms with Gasteiger partial charge in [0, 0.05) is 30.5 Å². The number of rotatable bonds is 11. The van der Waals surface area contributed by atoms with Gasteiger partial charge in [0.15, 0.2) is 17.5 Å². The molecule has 4 rings (SSSR count). The molecule has 0 aliphatic rings. The molecular weight excluding hydrogens is 416 g/mol. The summed E-state index contributed by atoms with van der Waals surface area (Å²) in [6, 6.07) is 17.9. The van der Waals surface area contributed by atoms with Gasteiger partial charge in [-0.2, -0.15) is 10.2 Å². The second-order valence-corrected chi connectivity index (χ2v) is 8.08. The SMILES string of the molecule is Cc1nc(-c2ccc(-c3nc(CCOC(C)C)nn3CCCOc3ccccc3)cc2)n[nH]1. The smallest absolute Gasteiger partial charge is 0.181 e. The number of nitrogens with one attached hydrogen (secondary N) is 1. The Kier molecular flexibility index (Phi) is 7.47. The second-order valence-electron chi connectivity index (χ2n) is 8.08. The van der Waals surface area contributed by atoms with Crippen molar-refractivity contribution in [2.45, 2.75) is 46.3 Å². The molecule has 1 N–H and O–H groups in total. The Morgan fingerprint density at radius 2 is 1.70 bits per heavy atom. The van der Waals surface area contributed by atoms with Crippen molar-refractivity contribution >= 4 is 0 Å². The Bertz CT molecular complexity index is 1140. The largest absolute Gasteiger partial charge is 0.494 e. The van der Waals surface area contributed by atoms with Crippen molar-refractivity contribution in [3.05, 3.63) is 66.2 Å². The zero-order valence-corrected chi connectivity index (χ0v) is 19.4. The molecule has 0 fully saturated rings.